The maximum atomic E-state index is 13.5. The summed E-state index contributed by atoms with van der Waals surface area (Å²) in [7, 11) is 1.59. The number of pyridine rings is 1. The van der Waals surface area contributed by atoms with E-state index in [1.165, 1.54) is 18.3 Å². The Morgan fingerprint density at radius 1 is 1.23 bits per heavy atom. The number of anilines is 2. The number of hydrogen-bond donors (Lipinski definition) is 2. The van der Waals surface area contributed by atoms with E-state index in [4.69, 9.17) is 4.74 Å². The molecule has 1 aromatic carbocycles. The van der Waals surface area contributed by atoms with Crippen molar-refractivity contribution in [3.63, 3.8) is 0 Å². The van der Waals surface area contributed by atoms with Gasteiger partial charge in [-0.15, -0.1) is 0 Å². The molecule has 5 nitrogen and oxygen atoms in total. The van der Waals surface area contributed by atoms with E-state index in [2.05, 4.69) is 15.6 Å². The van der Waals surface area contributed by atoms with Gasteiger partial charge >= 0.3 is 0 Å². The Bertz CT molecular complexity index is 627. The Labute approximate surface area is 126 Å². The van der Waals surface area contributed by atoms with Crippen LogP contribution >= 0.6 is 0 Å². The molecule has 1 aromatic heterocycles. The highest BCUT2D eigenvalue weighted by molar-refractivity contribution is 6.03. The van der Waals surface area contributed by atoms with E-state index in [0.29, 0.717) is 18.8 Å². The maximum absolute atomic E-state index is 13.5. The Balaban J connectivity index is 2.04. The molecule has 2 aromatic rings. The van der Waals surface area contributed by atoms with E-state index in [1.807, 2.05) is 0 Å². The van der Waals surface area contributed by atoms with Crippen molar-refractivity contribution < 1.29 is 18.3 Å². The first-order chi connectivity index (χ1) is 10.6. The Hall–Kier alpha value is -2.54. The summed E-state index contributed by atoms with van der Waals surface area (Å²) < 4.78 is 31.8. The number of nitrogens with zero attached hydrogens (tertiary/aromatic N) is 1. The molecule has 7 heteroatoms. The van der Waals surface area contributed by atoms with E-state index in [0.717, 1.165) is 12.1 Å². The predicted molar refractivity (Wildman–Crippen MR) is 78.9 cm³/mol. The average molecular weight is 307 g/mol. The smallest absolute Gasteiger partial charge is 0.274 e. The third kappa shape index (κ3) is 3.98. The van der Waals surface area contributed by atoms with Crippen LogP contribution in [0.3, 0.4) is 0 Å². The van der Waals surface area contributed by atoms with Gasteiger partial charge in [0.05, 0.1) is 18.5 Å². The van der Waals surface area contributed by atoms with E-state index < -0.39 is 23.2 Å². The van der Waals surface area contributed by atoms with Crippen molar-refractivity contribution in [2.45, 2.75) is 0 Å². The molecule has 0 atom stereocenters. The monoisotopic (exact) mass is 307 g/mol. The number of nitrogens with one attached hydrogen (secondary N) is 2. The standard InChI is InChI=1S/C15H15F2N3O2/c1-22-8-7-18-10-5-6-13(19-9-10)15(21)20-14-11(16)3-2-4-12(14)17/h2-6,9,18H,7-8H2,1H3,(H,20,21). The van der Waals surface area contributed by atoms with E-state index in [1.54, 1.807) is 13.2 Å². The number of para-hydroxylation sites is 1. The molecule has 22 heavy (non-hydrogen) atoms. The van der Waals surface area contributed by atoms with Crippen molar-refractivity contribution in [3.05, 3.63) is 53.9 Å². The molecular formula is C15H15F2N3O2. The van der Waals surface area contributed by atoms with Gasteiger partial charge in [0.15, 0.2) is 0 Å². The van der Waals surface area contributed by atoms with Crippen LogP contribution in [0.1, 0.15) is 10.5 Å². The molecule has 0 radical (unpaired) electrons. The first-order valence-corrected chi connectivity index (χ1v) is 6.56. The zero-order valence-electron chi connectivity index (χ0n) is 11.9. The van der Waals surface area contributed by atoms with Crippen LogP contribution in [0.4, 0.5) is 20.2 Å². The number of benzene rings is 1. The van der Waals surface area contributed by atoms with Crippen LogP contribution < -0.4 is 10.6 Å². The maximum Gasteiger partial charge on any atom is 0.274 e. The fourth-order valence-electron chi connectivity index (χ4n) is 1.72. The molecule has 0 spiro atoms. The molecule has 0 bridgehead atoms. The quantitative estimate of drug-likeness (QED) is 0.805. The van der Waals surface area contributed by atoms with Crippen molar-refractivity contribution in [2.24, 2.45) is 0 Å². The van der Waals surface area contributed by atoms with Crippen molar-refractivity contribution in [1.82, 2.24) is 4.98 Å². The summed E-state index contributed by atoms with van der Waals surface area (Å²) in [6, 6.07) is 6.46. The molecule has 0 saturated heterocycles. The number of amides is 1. The number of carbonyl (C=O) groups is 1. The van der Waals surface area contributed by atoms with Crippen LogP contribution in [-0.2, 0) is 4.74 Å². The number of hydrogen-bond acceptors (Lipinski definition) is 4. The number of halogens is 2. The Morgan fingerprint density at radius 3 is 2.55 bits per heavy atom. The second-order valence-corrected chi connectivity index (χ2v) is 4.40. The van der Waals surface area contributed by atoms with Crippen LogP contribution in [0.25, 0.3) is 0 Å². The third-order valence-electron chi connectivity index (χ3n) is 2.83. The van der Waals surface area contributed by atoms with Gasteiger partial charge in [-0.25, -0.2) is 13.8 Å². The van der Waals surface area contributed by atoms with Crippen LogP contribution in [0, 0.1) is 11.6 Å². The topological polar surface area (TPSA) is 63.2 Å². The van der Waals surface area contributed by atoms with Gasteiger partial charge in [0.2, 0.25) is 0 Å². The highest BCUT2D eigenvalue weighted by atomic mass is 19.1. The largest absolute Gasteiger partial charge is 0.383 e. The number of carbonyl (C=O) groups excluding carboxylic acids is 1. The van der Waals surface area contributed by atoms with E-state index in [9.17, 15) is 13.6 Å². The molecule has 2 rings (SSSR count). The van der Waals surface area contributed by atoms with Gasteiger partial charge in [0, 0.05) is 13.7 Å². The third-order valence-corrected chi connectivity index (χ3v) is 2.83. The zero-order valence-corrected chi connectivity index (χ0v) is 11.9. The van der Waals surface area contributed by atoms with Gasteiger partial charge in [0.1, 0.15) is 23.0 Å². The minimum Gasteiger partial charge on any atom is -0.383 e. The molecule has 0 saturated carbocycles. The minimum atomic E-state index is -0.841. The zero-order chi connectivity index (χ0) is 15.9. The highest BCUT2D eigenvalue weighted by Crippen LogP contribution is 2.18. The molecule has 2 N–H and O–H groups in total. The van der Waals surface area contributed by atoms with Gasteiger partial charge < -0.3 is 15.4 Å². The van der Waals surface area contributed by atoms with Gasteiger partial charge in [0.25, 0.3) is 5.91 Å². The van der Waals surface area contributed by atoms with Gasteiger partial charge in [-0.2, -0.15) is 0 Å². The number of ether oxygens (including phenoxy) is 1. The van der Waals surface area contributed by atoms with Crippen molar-refractivity contribution in [2.75, 3.05) is 30.9 Å². The lowest BCUT2D eigenvalue weighted by atomic mass is 10.2. The average Bonchev–Trinajstić information content (AvgIpc) is 2.52. The summed E-state index contributed by atoms with van der Waals surface area (Å²) >= 11 is 0. The molecule has 0 unspecified atom stereocenters. The lowest BCUT2D eigenvalue weighted by molar-refractivity contribution is 0.102. The summed E-state index contributed by atoms with van der Waals surface area (Å²) in [5, 5.41) is 5.22. The molecule has 1 heterocycles. The lowest BCUT2D eigenvalue weighted by Gasteiger charge is -2.08. The first-order valence-electron chi connectivity index (χ1n) is 6.56. The number of rotatable bonds is 6. The molecule has 116 valence electrons. The molecule has 0 aliphatic carbocycles. The Morgan fingerprint density at radius 2 is 1.95 bits per heavy atom. The second kappa shape index (κ2) is 7.46. The summed E-state index contributed by atoms with van der Waals surface area (Å²) in [5.74, 6) is -2.37. The summed E-state index contributed by atoms with van der Waals surface area (Å²) in [5.41, 5.74) is 0.280. The number of aromatic nitrogens is 1. The van der Waals surface area contributed by atoms with Crippen molar-refractivity contribution in [1.29, 1.82) is 0 Å². The van der Waals surface area contributed by atoms with Crippen LogP contribution in [0.15, 0.2) is 36.5 Å². The molecule has 0 aliphatic heterocycles. The van der Waals surface area contributed by atoms with Crippen molar-refractivity contribution in [3.8, 4) is 0 Å². The van der Waals surface area contributed by atoms with Crippen LogP contribution in [0.2, 0.25) is 0 Å². The highest BCUT2D eigenvalue weighted by Gasteiger charge is 2.14. The first kappa shape index (κ1) is 15.8. The molecule has 0 fully saturated rings. The summed E-state index contributed by atoms with van der Waals surface area (Å²) in [6.07, 6.45) is 1.46. The second-order valence-electron chi connectivity index (χ2n) is 4.40. The summed E-state index contributed by atoms with van der Waals surface area (Å²) in [4.78, 5) is 15.9. The fraction of sp³-hybridized carbons (Fsp3) is 0.200. The SMILES string of the molecule is COCCNc1ccc(C(=O)Nc2c(F)cccc2F)nc1. The minimum absolute atomic E-state index is 0.0555. The van der Waals surface area contributed by atoms with Crippen LogP contribution in [0.5, 0.6) is 0 Å². The van der Waals surface area contributed by atoms with Crippen LogP contribution in [-0.4, -0.2) is 31.2 Å². The normalized spacial score (nSPS) is 10.3. The summed E-state index contributed by atoms with van der Waals surface area (Å²) in [6.45, 7) is 1.14. The molecular weight excluding hydrogens is 292 g/mol. The van der Waals surface area contributed by atoms with Gasteiger partial charge in [-0.1, -0.05) is 6.07 Å². The molecule has 0 aliphatic rings. The van der Waals surface area contributed by atoms with Gasteiger partial charge in [-0.3, -0.25) is 4.79 Å². The lowest BCUT2D eigenvalue weighted by Crippen LogP contribution is -2.16. The van der Waals surface area contributed by atoms with Gasteiger partial charge in [-0.05, 0) is 24.3 Å². The predicted octanol–water partition coefficient (Wildman–Crippen LogP) is 2.67. The molecule has 1 amide bonds. The number of methoxy groups -OCH3 is 1. The van der Waals surface area contributed by atoms with E-state index >= 15 is 0 Å². The Kier molecular flexibility index (Phi) is 5.37. The van der Waals surface area contributed by atoms with Crippen molar-refractivity contribution >= 4 is 17.3 Å². The van der Waals surface area contributed by atoms with E-state index in [-0.39, 0.29) is 5.69 Å². The fourth-order valence-corrected chi connectivity index (χ4v) is 1.72.